The van der Waals surface area contributed by atoms with Gasteiger partial charge in [-0.05, 0) is 17.5 Å². The van der Waals surface area contributed by atoms with Gasteiger partial charge in [-0.25, -0.2) is 12.7 Å². The molecule has 0 amide bonds. The van der Waals surface area contributed by atoms with Gasteiger partial charge in [0, 0.05) is 25.6 Å². The lowest BCUT2D eigenvalue weighted by atomic mass is 9.97. The standard InChI is InChI=1S/C16H23NO3S/c1-16(2,3)13-17(4)21(19,20)15-11-6-5-9-14(15)10-7-8-12-18/h5-6,9,11,18H,8,12-13H2,1-4H3. The average molecular weight is 309 g/mol. The highest BCUT2D eigenvalue weighted by Gasteiger charge is 2.26. The number of benzene rings is 1. The highest BCUT2D eigenvalue weighted by atomic mass is 32.2. The summed E-state index contributed by atoms with van der Waals surface area (Å²) in [6, 6.07) is 6.69. The summed E-state index contributed by atoms with van der Waals surface area (Å²) in [5.41, 5.74) is 0.339. The first kappa shape index (κ1) is 17.7. The Morgan fingerprint density at radius 1 is 1.24 bits per heavy atom. The molecule has 0 aliphatic carbocycles. The predicted molar refractivity (Wildman–Crippen MR) is 84.3 cm³/mol. The highest BCUT2D eigenvalue weighted by molar-refractivity contribution is 7.89. The van der Waals surface area contributed by atoms with Crippen LogP contribution in [0.15, 0.2) is 29.2 Å². The Morgan fingerprint density at radius 3 is 2.43 bits per heavy atom. The Labute approximate surface area is 127 Å². The molecule has 0 atom stereocenters. The summed E-state index contributed by atoms with van der Waals surface area (Å²) in [4.78, 5) is 0.210. The van der Waals surface area contributed by atoms with Crippen LogP contribution in [0.4, 0.5) is 0 Å². The molecule has 1 N–H and O–H groups in total. The first-order chi connectivity index (χ1) is 9.68. The third-order valence-electron chi connectivity index (χ3n) is 2.73. The molecule has 0 bridgehead atoms. The molecule has 21 heavy (non-hydrogen) atoms. The fourth-order valence-electron chi connectivity index (χ4n) is 1.93. The Hall–Kier alpha value is -1.35. The SMILES string of the molecule is CN(CC(C)(C)C)S(=O)(=O)c1ccccc1C#CCCO. The lowest BCUT2D eigenvalue weighted by molar-refractivity contribution is 0.305. The van der Waals surface area contributed by atoms with Crippen LogP contribution in [0, 0.1) is 17.3 Å². The summed E-state index contributed by atoms with van der Waals surface area (Å²) in [5.74, 6) is 5.59. The van der Waals surface area contributed by atoms with Crippen LogP contribution in [0.5, 0.6) is 0 Å². The molecule has 0 spiro atoms. The molecule has 4 nitrogen and oxygen atoms in total. The zero-order valence-electron chi connectivity index (χ0n) is 13.0. The summed E-state index contributed by atoms with van der Waals surface area (Å²) in [6.45, 7) is 6.36. The quantitative estimate of drug-likeness (QED) is 0.867. The largest absolute Gasteiger partial charge is 0.395 e. The van der Waals surface area contributed by atoms with E-state index in [9.17, 15) is 8.42 Å². The minimum Gasteiger partial charge on any atom is -0.395 e. The minimum absolute atomic E-state index is 0.0359. The predicted octanol–water partition coefficient (Wildman–Crippen LogP) is 2.09. The van der Waals surface area contributed by atoms with Crippen molar-refractivity contribution in [3.05, 3.63) is 29.8 Å². The van der Waals surface area contributed by atoms with Crippen molar-refractivity contribution in [2.75, 3.05) is 20.2 Å². The Morgan fingerprint density at radius 2 is 1.86 bits per heavy atom. The summed E-state index contributed by atoms with van der Waals surface area (Å²) in [7, 11) is -1.99. The molecule has 0 radical (unpaired) electrons. The summed E-state index contributed by atoms with van der Waals surface area (Å²) in [6.07, 6.45) is 0.326. The van der Waals surface area contributed by atoms with E-state index in [0.29, 0.717) is 18.5 Å². The Kier molecular flexibility index (Phi) is 5.97. The molecule has 0 aromatic heterocycles. The van der Waals surface area contributed by atoms with E-state index in [2.05, 4.69) is 11.8 Å². The third kappa shape index (κ3) is 5.16. The van der Waals surface area contributed by atoms with E-state index in [4.69, 9.17) is 5.11 Å². The van der Waals surface area contributed by atoms with Crippen LogP contribution in [-0.4, -0.2) is 38.0 Å². The fraction of sp³-hybridized carbons (Fsp3) is 0.500. The number of nitrogens with zero attached hydrogens (tertiary/aromatic N) is 1. The van der Waals surface area contributed by atoms with Crippen molar-refractivity contribution < 1.29 is 13.5 Å². The molecule has 1 aromatic carbocycles. The van der Waals surface area contributed by atoms with Crippen LogP contribution in [0.1, 0.15) is 32.8 Å². The van der Waals surface area contributed by atoms with Gasteiger partial charge >= 0.3 is 0 Å². The lowest BCUT2D eigenvalue weighted by Crippen LogP contribution is -2.34. The van der Waals surface area contributed by atoms with E-state index in [1.165, 1.54) is 4.31 Å². The van der Waals surface area contributed by atoms with Gasteiger partial charge in [-0.15, -0.1) is 0 Å². The van der Waals surface area contributed by atoms with E-state index < -0.39 is 10.0 Å². The summed E-state index contributed by atoms with van der Waals surface area (Å²) in [5, 5.41) is 8.76. The van der Waals surface area contributed by atoms with Gasteiger partial charge in [-0.1, -0.05) is 44.7 Å². The molecule has 0 aliphatic rings. The van der Waals surface area contributed by atoms with Gasteiger partial charge in [0.25, 0.3) is 0 Å². The second kappa shape index (κ2) is 7.08. The number of rotatable bonds is 4. The maximum Gasteiger partial charge on any atom is 0.244 e. The topological polar surface area (TPSA) is 57.6 Å². The number of sulfonamides is 1. The lowest BCUT2D eigenvalue weighted by Gasteiger charge is -2.26. The van der Waals surface area contributed by atoms with Crippen molar-refractivity contribution in [2.45, 2.75) is 32.1 Å². The van der Waals surface area contributed by atoms with Crippen LogP contribution in [-0.2, 0) is 10.0 Å². The van der Waals surface area contributed by atoms with Crippen LogP contribution in [0.2, 0.25) is 0 Å². The molecule has 0 saturated carbocycles. The minimum atomic E-state index is -3.57. The van der Waals surface area contributed by atoms with Crippen molar-refractivity contribution in [1.82, 2.24) is 4.31 Å². The van der Waals surface area contributed by atoms with Gasteiger partial charge in [0.05, 0.1) is 11.5 Å². The zero-order chi connectivity index (χ0) is 16.1. The smallest absolute Gasteiger partial charge is 0.244 e. The number of aliphatic hydroxyl groups excluding tert-OH is 1. The van der Waals surface area contributed by atoms with Crippen molar-refractivity contribution in [3.63, 3.8) is 0 Å². The summed E-state index contributed by atoms with van der Waals surface area (Å²) >= 11 is 0. The summed E-state index contributed by atoms with van der Waals surface area (Å²) < 4.78 is 26.7. The van der Waals surface area contributed by atoms with Crippen molar-refractivity contribution in [2.24, 2.45) is 5.41 Å². The van der Waals surface area contributed by atoms with Crippen molar-refractivity contribution in [1.29, 1.82) is 0 Å². The number of hydrogen-bond acceptors (Lipinski definition) is 3. The normalized spacial score (nSPS) is 12.1. The highest BCUT2D eigenvalue weighted by Crippen LogP contribution is 2.22. The van der Waals surface area contributed by atoms with Gasteiger partial charge < -0.3 is 5.11 Å². The van der Waals surface area contributed by atoms with Crippen molar-refractivity contribution >= 4 is 10.0 Å². The van der Waals surface area contributed by atoms with Gasteiger partial charge in [-0.3, -0.25) is 0 Å². The fourth-order valence-corrected chi connectivity index (χ4v) is 3.47. The van der Waals surface area contributed by atoms with E-state index in [1.54, 1.807) is 31.3 Å². The second-order valence-corrected chi connectivity index (χ2v) is 8.11. The van der Waals surface area contributed by atoms with Gasteiger partial charge in [0.2, 0.25) is 10.0 Å². The van der Waals surface area contributed by atoms with Gasteiger partial charge in [0.1, 0.15) is 0 Å². The van der Waals surface area contributed by atoms with Gasteiger partial charge in [0.15, 0.2) is 0 Å². The van der Waals surface area contributed by atoms with E-state index in [0.717, 1.165) is 0 Å². The third-order valence-corrected chi connectivity index (χ3v) is 4.59. The average Bonchev–Trinajstić information content (AvgIpc) is 2.37. The Bertz CT molecular complexity index is 633. The second-order valence-electron chi connectivity index (χ2n) is 6.09. The van der Waals surface area contributed by atoms with Crippen molar-refractivity contribution in [3.8, 4) is 11.8 Å². The van der Waals surface area contributed by atoms with Crippen LogP contribution >= 0.6 is 0 Å². The molecule has 116 valence electrons. The van der Waals surface area contributed by atoms with Gasteiger partial charge in [-0.2, -0.15) is 0 Å². The maximum absolute atomic E-state index is 12.7. The maximum atomic E-state index is 12.7. The number of aliphatic hydroxyl groups is 1. The molecule has 0 saturated heterocycles. The first-order valence-electron chi connectivity index (χ1n) is 6.83. The van der Waals surface area contributed by atoms with Crippen LogP contribution in [0.3, 0.4) is 0 Å². The molecule has 1 rings (SSSR count). The number of hydrogen-bond donors (Lipinski definition) is 1. The van der Waals surface area contributed by atoms with Crippen LogP contribution < -0.4 is 0 Å². The zero-order valence-corrected chi connectivity index (χ0v) is 13.9. The first-order valence-corrected chi connectivity index (χ1v) is 8.27. The van der Waals surface area contributed by atoms with E-state index >= 15 is 0 Å². The van der Waals surface area contributed by atoms with E-state index in [-0.39, 0.29) is 16.9 Å². The molecule has 5 heteroatoms. The molecular weight excluding hydrogens is 286 g/mol. The molecule has 0 fully saturated rings. The molecule has 1 aromatic rings. The molecule has 0 aliphatic heterocycles. The van der Waals surface area contributed by atoms with Crippen LogP contribution in [0.25, 0.3) is 0 Å². The Balaban J connectivity index is 3.18. The monoisotopic (exact) mass is 309 g/mol. The van der Waals surface area contributed by atoms with E-state index in [1.807, 2.05) is 20.8 Å². The molecule has 0 heterocycles. The molecular formula is C16H23NO3S. The molecule has 0 unspecified atom stereocenters.